The fraction of sp³-hybridized carbons (Fsp3) is 0. The van der Waals surface area contributed by atoms with E-state index in [1.165, 1.54) is 0 Å². The lowest BCUT2D eigenvalue weighted by molar-refractivity contribution is 1.35. The molecule has 0 aliphatic rings. The van der Waals surface area contributed by atoms with E-state index in [2.05, 4.69) is 10.5 Å². The van der Waals surface area contributed by atoms with Gasteiger partial charge in [0.2, 0.25) is 0 Å². The van der Waals surface area contributed by atoms with Crippen molar-refractivity contribution in [3.63, 3.8) is 0 Å². The highest BCUT2D eigenvalue weighted by Gasteiger charge is 2.01. The minimum atomic E-state index is 0.461. The van der Waals surface area contributed by atoms with E-state index in [0.29, 0.717) is 20.1 Å². The summed E-state index contributed by atoms with van der Waals surface area (Å²) in [7, 11) is 0. The molecule has 0 unspecified atom stereocenters. The summed E-state index contributed by atoms with van der Waals surface area (Å²) in [5.74, 6) is 0. The number of halogens is 4. The van der Waals surface area contributed by atoms with Crippen molar-refractivity contribution in [3.05, 3.63) is 62.1 Å². The SMILES string of the molecule is Clc1ccc(N/N=C\c2cccc(Cl)c2Cl)cc1Cl. The number of nitrogens with zero attached hydrogens (tertiary/aromatic N) is 1. The fourth-order valence-electron chi connectivity index (χ4n) is 1.36. The van der Waals surface area contributed by atoms with Crippen LogP contribution >= 0.6 is 46.4 Å². The van der Waals surface area contributed by atoms with Crippen molar-refractivity contribution in [1.82, 2.24) is 0 Å². The zero-order valence-corrected chi connectivity index (χ0v) is 12.5. The van der Waals surface area contributed by atoms with E-state index in [4.69, 9.17) is 46.4 Å². The van der Waals surface area contributed by atoms with Gasteiger partial charge in [0.05, 0.1) is 32.0 Å². The largest absolute Gasteiger partial charge is 0.278 e. The van der Waals surface area contributed by atoms with Crippen molar-refractivity contribution in [2.24, 2.45) is 5.10 Å². The van der Waals surface area contributed by atoms with Gasteiger partial charge in [-0.1, -0.05) is 58.5 Å². The van der Waals surface area contributed by atoms with Crippen molar-refractivity contribution in [2.45, 2.75) is 0 Å². The van der Waals surface area contributed by atoms with E-state index in [9.17, 15) is 0 Å². The highest BCUT2D eigenvalue weighted by atomic mass is 35.5. The quantitative estimate of drug-likeness (QED) is 0.561. The molecule has 2 aromatic carbocycles. The second-order valence-corrected chi connectivity index (χ2v) is 5.24. The second-order valence-electron chi connectivity index (χ2n) is 3.64. The second kappa shape index (κ2) is 6.49. The molecule has 19 heavy (non-hydrogen) atoms. The molecule has 2 aromatic rings. The van der Waals surface area contributed by atoms with Gasteiger partial charge in [-0.3, -0.25) is 5.43 Å². The van der Waals surface area contributed by atoms with Crippen LogP contribution in [0.5, 0.6) is 0 Å². The third-order valence-corrected chi connectivity index (χ3v) is 3.87. The van der Waals surface area contributed by atoms with Crippen LogP contribution in [0.1, 0.15) is 5.56 Å². The van der Waals surface area contributed by atoms with E-state index in [0.717, 1.165) is 11.3 Å². The van der Waals surface area contributed by atoms with Crippen LogP contribution in [0.25, 0.3) is 0 Å². The molecule has 0 saturated heterocycles. The van der Waals surface area contributed by atoms with Crippen molar-refractivity contribution < 1.29 is 0 Å². The van der Waals surface area contributed by atoms with Crippen LogP contribution in [0.4, 0.5) is 5.69 Å². The number of nitrogens with one attached hydrogen (secondary N) is 1. The van der Waals surface area contributed by atoms with E-state index in [1.807, 2.05) is 6.07 Å². The first-order chi connectivity index (χ1) is 9.08. The molecule has 2 nitrogen and oxygen atoms in total. The van der Waals surface area contributed by atoms with Gasteiger partial charge in [0.15, 0.2) is 0 Å². The first-order valence-corrected chi connectivity index (χ1v) is 6.77. The molecule has 0 amide bonds. The van der Waals surface area contributed by atoms with Crippen molar-refractivity contribution in [2.75, 3.05) is 5.43 Å². The summed E-state index contributed by atoms with van der Waals surface area (Å²) in [4.78, 5) is 0. The molecule has 0 bridgehead atoms. The smallest absolute Gasteiger partial charge is 0.0680 e. The van der Waals surface area contributed by atoms with E-state index in [-0.39, 0.29) is 0 Å². The molecule has 2 rings (SSSR count). The summed E-state index contributed by atoms with van der Waals surface area (Å²) >= 11 is 23.6. The summed E-state index contributed by atoms with van der Waals surface area (Å²) in [6.45, 7) is 0. The normalized spacial score (nSPS) is 10.9. The molecule has 0 spiro atoms. The lowest BCUT2D eigenvalue weighted by Gasteiger charge is -2.03. The first kappa shape index (κ1) is 14.5. The molecule has 0 atom stereocenters. The molecule has 1 N–H and O–H groups in total. The van der Waals surface area contributed by atoms with Gasteiger partial charge in [0.25, 0.3) is 0 Å². The maximum absolute atomic E-state index is 6.03. The standard InChI is InChI=1S/C13H8Cl4N2/c14-10-5-4-9(6-12(10)16)19-18-7-8-2-1-3-11(15)13(8)17/h1-7,19H/b18-7-. The minimum Gasteiger partial charge on any atom is -0.278 e. The molecular weight excluding hydrogens is 326 g/mol. The molecule has 98 valence electrons. The van der Waals surface area contributed by atoms with Crippen molar-refractivity contribution in [3.8, 4) is 0 Å². The highest BCUT2D eigenvalue weighted by Crippen LogP contribution is 2.26. The number of benzene rings is 2. The summed E-state index contributed by atoms with van der Waals surface area (Å²) in [6, 6.07) is 10.5. The lowest BCUT2D eigenvalue weighted by atomic mass is 10.2. The van der Waals surface area contributed by atoms with Gasteiger partial charge in [-0.25, -0.2) is 0 Å². The van der Waals surface area contributed by atoms with E-state index >= 15 is 0 Å². The monoisotopic (exact) mass is 332 g/mol. The van der Waals surface area contributed by atoms with Crippen LogP contribution in [0.3, 0.4) is 0 Å². The van der Waals surface area contributed by atoms with Crippen LogP contribution < -0.4 is 5.43 Å². The summed E-state index contributed by atoms with van der Waals surface area (Å²) in [5.41, 5.74) is 4.28. The number of hydrazone groups is 1. The first-order valence-electron chi connectivity index (χ1n) is 5.26. The predicted octanol–water partition coefficient (Wildman–Crippen LogP) is 5.75. The van der Waals surface area contributed by atoms with E-state index < -0.39 is 0 Å². The molecular formula is C13H8Cl4N2. The van der Waals surface area contributed by atoms with Crippen LogP contribution in [0.15, 0.2) is 41.5 Å². The Balaban J connectivity index is 2.11. The van der Waals surface area contributed by atoms with Crippen molar-refractivity contribution >= 4 is 58.3 Å². The van der Waals surface area contributed by atoms with Gasteiger partial charge in [-0.15, -0.1) is 0 Å². The average molecular weight is 334 g/mol. The maximum Gasteiger partial charge on any atom is 0.0680 e. The molecule has 6 heteroatoms. The molecule has 0 aliphatic heterocycles. The Hall–Kier alpha value is -0.930. The Morgan fingerprint density at radius 3 is 2.42 bits per heavy atom. The number of rotatable bonds is 3. The van der Waals surface area contributed by atoms with Gasteiger partial charge in [-0.2, -0.15) is 5.10 Å². The zero-order chi connectivity index (χ0) is 13.8. The molecule has 0 radical (unpaired) electrons. The zero-order valence-electron chi connectivity index (χ0n) is 9.50. The maximum atomic E-state index is 6.03. The van der Waals surface area contributed by atoms with Crippen LogP contribution in [0, 0.1) is 0 Å². The third kappa shape index (κ3) is 3.77. The molecule has 0 aliphatic carbocycles. The van der Waals surface area contributed by atoms with Crippen molar-refractivity contribution in [1.29, 1.82) is 0 Å². The molecule has 0 aromatic heterocycles. The van der Waals surface area contributed by atoms with Gasteiger partial charge in [0.1, 0.15) is 0 Å². The van der Waals surface area contributed by atoms with Gasteiger partial charge >= 0.3 is 0 Å². The molecule has 0 saturated carbocycles. The lowest BCUT2D eigenvalue weighted by Crippen LogP contribution is -1.91. The highest BCUT2D eigenvalue weighted by molar-refractivity contribution is 6.43. The molecule has 0 fully saturated rings. The number of anilines is 1. The van der Waals surface area contributed by atoms with Gasteiger partial charge < -0.3 is 0 Å². The minimum absolute atomic E-state index is 0.461. The summed E-state index contributed by atoms with van der Waals surface area (Å²) in [6.07, 6.45) is 1.58. The number of hydrogen-bond donors (Lipinski definition) is 1. The Morgan fingerprint density at radius 1 is 0.895 bits per heavy atom. The predicted molar refractivity (Wildman–Crippen MR) is 84.1 cm³/mol. The van der Waals surface area contributed by atoms with E-state index in [1.54, 1.807) is 36.5 Å². The molecule has 0 heterocycles. The van der Waals surface area contributed by atoms with Crippen LogP contribution in [0.2, 0.25) is 20.1 Å². The van der Waals surface area contributed by atoms with Gasteiger partial charge in [-0.05, 0) is 24.3 Å². The Morgan fingerprint density at radius 2 is 1.68 bits per heavy atom. The van der Waals surface area contributed by atoms with Gasteiger partial charge in [0, 0.05) is 5.56 Å². The Labute approximate surface area is 130 Å². The Kier molecular flexibility index (Phi) is 4.94. The number of hydrogen-bond acceptors (Lipinski definition) is 2. The summed E-state index contributed by atoms with van der Waals surface area (Å²) < 4.78 is 0. The Bertz CT molecular complexity index is 626. The van der Waals surface area contributed by atoms with Crippen LogP contribution in [-0.2, 0) is 0 Å². The fourth-order valence-corrected chi connectivity index (χ4v) is 2.02. The average Bonchev–Trinajstić information content (AvgIpc) is 2.39. The topological polar surface area (TPSA) is 24.4 Å². The van der Waals surface area contributed by atoms with Crippen LogP contribution in [-0.4, -0.2) is 6.21 Å². The third-order valence-electron chi connectivity index (χ3n) is 2.30. The summed E-state index contributed by atoms with van der Waals surface area (Å²) in [5, 5.41) is 5.97.